The van der Waals surface area contributed by atoms with E-state index < -0.39 is 0 Å². The number of rotatable bonds is 6. The van der Waals surface area contributed by atoms with Gasteiger partial charge in [0.1, 0.15) is 23.2 Å². The molecule has 0 saturated heterocycles. The zero-order chi connectivity index (χ0) is 17.1. The van der Waals surface area contributed by atoms with Crippen LogP contribution in [0.25, 0.3) is 11.1 Å². The summed E-state index contributed by atoms with van der Waals surface area (Å²) < 4.78 is 12.1. The van der Waals surface area contributed by atoms with Crippen molar-refractivity contribution in [2.75, 3.05) is 6.54 Å². The molecule has 0 bridgehead atoms. The number of amides is 1. The average Bonchev–Trinajstić information content (AvgIpc) is 3.16. The number of carbonyl (C=O) groups excluding carboxylic acids is 1. The maximum Gasteiger partial charge on any atom is 0.264 e. The molecule has 3 heterocycles. The van der Waals surface area contributed by atoms with Crippen molar-refractivity contribution in [1.29, 1.82) is 0 Å². The van der Waals surface area contributed by atoms with Gasteiger partial charge in [-0.15, -0.1) is 0 Å². The molecule has 0 radical (unpaired) electrons. The van der Waals surface area contributed by atoms with E-state index in [1.807, 2.05) is 19.1 Å². The third-order valence-electron chi connectivity index (χ3n) is 4.01. The summed E-state index contributed by atoms with van der Waals surface area (Å²) in [4.78, 5) is 28.5. The minimum absolute atomic E-state index is 0.117. The number of hydrogen-bond acceptors (Lipinski definition) is 5. The fraction of sp³-hybridized carbons (Fsp3) is 0.353. The Bertz CT molecular complexity index is 906. The fourth-order valence-corrected chi connectivity index (χ4v) is 2.52. The van der Waals surface area contributed by atoms with Gasteiger partial charge in [-0.3, -0.25) is 14.2 Å². The van der Waals surface area contributed by atoms with Crippen molar-refractivity contribution in [3.8, 4) is 0 Å². The molecule has 1 amide bonds. The molecule has 3 aromatic rings. The zero-order valence-electron chi connectivity index (χ0n) is 13.7. The van der Waals surface area contributed by atoms with Crippen molar-refractivity contribution < 1.29 is 13.6 Å². The Morgan fingerprint density at radius 3 is 2.96 bits per heavy atom. The van der Waals surface area contributed by atoms with Gasteiger partial charge in [-0.25, -0.2) is 4.98 Å². The molecule has 3 aromatic heterocycles. The van der Waals surface area contributed by atoms with E-state index in [9.17, 15) is 9.59 Å². The van der Waals surface area contributed by atoms with Crippen LogP contribution in [0.5, 0.6) is 0 Å². The van der Waals surface area contributed by atoms with Crippen LogP contribution in [-0.4, -0.2) is 22.0 Å². The van der Waals surface area contributed by atoms with Crippen LogP contribution in [0.4, 0.5) is 0 Å². The van der Waals surface area contributed by atoms with Crippen molar-refractivity contribution in [3.63, 3.8) is 0 Å². The number of carbonyl (C=O) groups is 1. The first kappa shape index (κ1) is 16.0. The van der Waals surface area contributed by atoms with Gasteiger partial charge in [-0.1, -0.05) is 0 Å². The van der Waals surface area contributed by atoms with Gasteiger partial charge < -0.3 is 14.2 Å². The molecule has 126 valence electrons. The zero-order valence-corrected chi connectivity index (χ0v) is 13.7. The van der Waals surface area contributed by atoms with Gasteiger partial charge in [0.25, 0.3) is 5.56 Å². The SMILES string of the molecule is Cc1oc2ncn(CCC(=O)NCCc3ccco3)c(=O)c2c1C. The molecule has 0 aliphatic rings. The molecule has 0 aliphatic carbocycles. The number of hydrogen-bond donors (Lipinski definition) is 1. The molecule has 0 fully saturated rings. The molecule has 0 unspecified atom stereocenters. The lowest BCUT2D eigenvalue weighted by molar-refractivity contribution is -0.121. The molecule has 1 N–H and O–H groups in total. The van der Waals surface area contributed by atoms with Crippen molar-refractivity contribution in [2.45, 2.75) is 33.2 Å². The van der Waals surface area contributed by atoms with Crippen LogP contribution in [0.3, 0.4) is 0 Å². The van der Waals surface area contributed by atoms with E-state index in [4.69, 9.17) is 8.83 Å². The lowest BCUT2D eigenvalue weighted by atomic mass is 10.2. The van der Waals surface area contributed by atoms with Crippen LogP contribution in [-0.2, 0) is 17.8 Å². The Hall–Kier alpha value is -2.83. The summed E-state index contributed by atoms with van der Waals surface area (Å²) in [5.74, 6) is 1.39. The maximum absolute atomic E-state index is 12.5. The average molecular weight is 329 g/mol. The Morgan fingerprint density at radius 1 is 1.38 bits per heavy atom. The van der Waals surface area contributed by atoms with Gasteiger partial charge in [0.2, 0.25) is 11.6 Å². The third kappa shape index (κ3) is 3.24. The minimum atomic E-state index is -0.183. The highest BCUT2D eigenvalue weighted by atomic mass is 16.3. The topological polar surface area (TPSA) is 90.3 Å². The molecule has 24 heavy (non-hydrogen) atoms. The van der Waals surface area contributed by atoms with E-state index >= 15 is 0 Å². The van der Waals surface area contributed by atoms with Crippen molar-refractivity contribution in [2.24, 2.45) is 0 Å². The summed E-state index contributed by atoms with van der Waals surface area (Å²) in [6.07, 6.45) is 3.87. The summed E-state index contributed by atoms with van der Waals surface area (Å²) in [7, 11) is 0. The molecule has 0 aromatic carbocycles. The van der Waals surface area contributed by atoms with E-state index in [-0.39, 0.29) is 24.4 Å². The summed E-state index contributed by atoms with van der Waals surface area (Å²) in [6, 6.07) is 3.67. The van der Waals surface area contributed by atoms with Gasteiger partial charge in [0, 0.05) is 31.5 Å². The molecule has 0 saturated carbocycles. The van der Waals surface area contributed by atoms with Gasteiger partial charge in [-0.05, 0) is 26.0 Å². The van der Waals surface area contributed by atoms with Gasteiger partial charge in [-0.2, -0.15) is 0 Å². The lowest BCUT2D eigenvalue weighted by Crippen LogP contribution is -2.29. The highest BCUT2D eigenvalue weighted by molar-refractivity contribution is 5.77. The Balaban J connectivity index is 1.59. The fourth-order valence-electron chi connectivity index (χ4n) is 2.52. The third-order valence-corrected chi connectivity index (χ3v) is 4.01. The van der Waals surface area contributed by atoms with Gasteiger partial charge >= 0.3 is 0 Å². The first-order valence-corrected chi connectivity index (χ1v) is 7.80. The predicted octanol–water partition coefficient (Wildman–Crippen LogP) is 1.95. The number of furan rings is 2. The number of nitrogens with one attached hydrogen (secondary N) is 1. The predicted molar refractivity (Wildman–Crippen MR) is 87.8 cm³/mol. The quantitative estimate of drug-likeness (QED) is 0.746. The maximum atomic E-state index is 12.5. The van der Waals surface area contributed by atoms with Crippen molar-refractivity contribution >= 4 is 17.0 Å². The second-order valence-corrected chi connectivity index (χ2v) is 5.64. The molecule has 7 nitrogen and oxygen atoms in total. The number of nitrogens with zero attached hydrogens (tertiary/aromatic N) is 2. The van der Waals surface area contributed by atoms with Crippen LogP contribution in [0, 0.1) is 13.8 Å². The minimum Gasteiger partial charge on any atom is -0.469 e. The molecule has 0 spiro atoms. The molecular weight excluding hydrogens is 310 g/mol. The highest BCUT2D eigenvalue weighted by Crippen LogP contribution is 2.18. The second kappa shape index (κ2) is 6.74. The molecule has 0 aliphatic heterocycles. The lowest BCUT2D eigenvalue weighted by Gasteiger charge is -2.06. The first-order valence-electron chi connectivity index (χ1n) is 7.80. The van der Waals surface area contributed by atoms with E-state index in [1.165, 1.54) is 10.9 Å². The van der Waals surface area contributed by atoms with E-state index in [1.54, 1.807) is 13.2 Å². The number of aromatic nitrogens is 2. The number of fused-ring (bicyclic) bond motifs is 1. The van der Waals surface area contributed by atoms with Gasteiger partial charge in [0.15, 0.2) is 0 Å². The number of aryl methyl sites for hydroxylation is 3. The van der Waals surface area contributed by atoms with Crippen molar-refractivity contribution in [3.05, 3.63) is 52.2 Å². The Kier molecular flexibility index (Phi) is 4.50. The normalized spacial score (nSPS) is 11.1. The van der Waals surface area contributed by atoms with E-state index in [0.29, 0.717) is 29.8 Å². The van der Waals surface area contributed by atoms with E-state index in [2.05, 4.69) is 10.3 Å². The Morgan fingerprint density at radius 2 is 2.21 bits per heavy atom. The monoisotopic (exact) mass is 329 g/mol. The first-order chi connectivity index (χ1) is 11.6. The second-order valence-electron chi connectivity index (χ2n) is 5.64. The summed E-state index contributed by atoms with van der Waals surface area (Å²) >= 11 is 0. The summed E-state index contributed by atoms with van der Waals surface area (Å²) in [5, 5.41) is 3.29. The molecule has 3 rings (SSSR count). The summed E-state index contributed by atoms with van der Waals surface area (Å²) in [6.45, 7) is 4.40. The Labute approximate surface area is 138 Å². The van der Waals surface area contributed by atoms with Crippen LogP contribution >= 0.6 is 0 Å². The van der Waals surface area contributed by atoms with Crippen LogP contribution in [0.15, 0.2) is 38.4 Å². The summed E-state index contributed by atoms with van der Waals surface area (Å²) in [5.41, 5.74) is 0.951. The molecule has 7 heteroatoms. The van der Waals surface area contributed by atoms with Crippen LogP contribution in [0.1, 0.15) is 23.5 Å². The van der Waals surface area contributed by atoms with Crippen LogP contribution in [0.2, 0.25) is 0 Å². The van der Waals surface area contributed by atoms with E-state index in [0.717, 1.165) is 11.3 Å². The highest BCUT2D eigenvalue weighted by Gasteiger charge is 2.14. The molecule has 0 atom stereocenters. The standard InChI is InChI=1S/C17H19N3O4/c1-11-12(2)24-16-15(11)17(22)20(10-19-16)8-6-14(21)18-7-5-13-4-3-9-23-13/h3-4,9-10H,5-8H2,1-2H3,(H,18,21). The van der Waals surface area contributed by atoms with Crippen molar-refractivity contribution in [1.82, 2.24) is 14.9 Å². The smallest absolute Gasteiger partial charge is 0.264 e. The molecular formula is C17H19N3O4. The van der Waals surface area contributed by atoms with Crippen LogP contribution < -0.4 is 10.9 Å². The van der Waals surface area contributed by atoms with Gasteiger partial charge in [0.05, 0.1) is 6.26 Å². The largest absolute Gasteiger partial charge is 0.469 e.